The third-order valence-electron chi connectivity index (χ3n) is 3.76. The Morgan fingerprint density at radius 1 is 1.23 bits per heavy atom. The fourth-order valence-corrected chi connectivity index (χ4v) is 4.23. The van der Waals surface area contributed by atoms with Crippen molar-refractivity contribution in [1.82, 2.24) is 4.31 Å². The van der Waals surface area contributed by atoms with Crippen LogP contribution in [0.3, 0.4) is 0 Å². The van der Waals surface area contributed by atoms with Gasteiger partial charge in [0.15, 0.2) is 0 Å². The number of amides is 1. The normalized spacial score (nSPS) is 11.4. The molecule has 0 fully saturated rings. The minimum absolute atomic E-state index is 0.0346. The molecule has 0 aliphatic carbocycles. The second-order valence-corrected chi connectivity index (χ2v) is 7.93. The van der Waals surface area contributed by atoms with E-state index in [1.807, 2.05) is 0 Å². The van der Waals surface area contributed by atoms with E-state index < -0.39 is 15.9 Å². The molecule has 0 heterocycles. The summed E-state index contributed by atoms with van der Waals surface area (Å²) in [6.45, 7) is 3.26. The highest BCUT2D eigenvalue weighted by Gasteiger charge is 2.28. The maximum atomic E-state index is 13.0. The van der Waals surface area contributed by atoms with Crippen LogP contribution in [0.15, 0.2) is 47.4 Å². The van der Waals surface area contributed by atoms with Crippen LogP contribution in [0.1, 0.15) is 12.5 Å². The molecular formula is C18H21ClN2O4S. The number of rotatable bonds is 7. The molecule has 0 spiro atoms. The number of halogens is 1. The zero-order chi connectivity index (χ0) is 19.3. The Morgan fingerprint density at radius 3 is 2.54 bits per heavy atom. The Hall–Kier alpha value is -2.09. The Morgan fingerprint density at radius 2 is 1.92 bits per heavy atom. The van der Waals surface area contributed by atoms with Gasteiger partial charge in [0.05, 0.1) is 24.4 Å². The Balaban J connectivity index is 2.26. The molecule has 8 heteroatoms. The number of aryl methyl sites for hydroxylation is 1. The van der Waals surface area contributed by atoms with E-state index in [2.05, 4.69) is 5.32 Å². The Bertz CT molecular complexity index is 900. The lowest BCUT2D eigenvalue weighted by atomic mass is 10.2. The number of benzene rings is 2. The lowest BCUT2D eigenvalue weighted by molar-refractivity contribution is -0.116. The van der Waals surface area contributed by atoms with Gasteiger partial charge >= 0.3 is 0 Å². The number of hydrogen-bond donors (Lipinski definition) is 1. The van der Waals surface area contributed by atoms with E-state index in [1.165, 1.54) is 13.2 Å². The third kappa shape index (κ3) is 4.55. The van der Waals surface area contributed by atoms with Gasteiger partial charge in [0.2, 0.25) is 15.9 Å². The number of ether oxygens (including phenoxy) is 1. The molecule has 0 unspecified atom stereocenters. The standard InChI is InChI=1S/C18H21ClN2O4S/c1-4-21(12-18(22)20-15-8-6-5-7-14(15)19)26(23,24)17-11-13(2)9-10-16(17)25-3/h5-11H,4,12H2,1-3H3,(H,20,22). The van der Waals surface area contributed by atoms with Gasteiger partial charge < -0.3 is 10.1 Å². The summed E-state index contributed by atoms with van der Waals surface area (Å²) in [6, 6.07) is 11.6. The first-order valence-corrected chi connectivity index (χ1v) is 9.80. The van der Waals surface area contributed by atoms with Crippen molar-refractivity contribution in [3.8, 4) is 5.75 Å². The first kappa shape index (κ1) is 20.2. The number of anilines is 1. The topological polar surface area (TPSA) is 75.7 Å². The van der Waals surface area contributed by atoms with E-state index in [9.17, 15) is 13.2 Å². The zero-order valence-corrected chi connectivity index (χ0v) is 16.4. The summed E-state index contributed by atoms with van der Waals surface area (Å²) in [5.74, 6) is -0.240. The monoisotopic (exact) mass is 396 g/mol. The molecule has 26 heavy (non-hydrogen) atoms. The van der Waals surface area contributed by atoms with Crippen molar-refractivity contribution >= 4 is 33.2 Å². The number of para-hydroxylation sites is 1. The van der Waals surface area contributed by atoms with E-state index in [-0.39, 0.29) is 23.7 Å². The van der Waals surface area contributed by atoms with Gasteiger partial charge in [-0.3, -0.25) is 4.79 Å². The van der Waals surface area contributed by atoms with Crippen LogP contribution in [0.4, 0.5) is 5.69 Å². The number of methoxy groups -OCH3 is 1. The molecule has 0 bridgehead atoms. The van der Waals surface area contributed by atoms with E-state index in [0.717, 1.165) is 9.87 Å². The average molecular weight is 397 g/mol. The number of nitrogens with one attached hydrogen (secondary N) is 1. The van der Waals surface area contributed by atoms with Crippen molar-refractivity contribution in [2.45, 2.75) is 18.7 Å². The summed E-state index contributed by atoms with van der Waals surface area (Å²) < 4.78 is 32.2. The zero-order valence-electron chi connectivity index (χ0n) is 14.8. The van der Waals surface area contributed by atoms with Crippen molar-refractivity contribution in [2.24, 2.45) is 0 Å². The summed E-state index contributed by atoms with van der Waals surface area (Å²) in [7, 11) is -2.49. The maximum Gasteiger partial charge on any atom is 0.247 e. The van der Waals surface area contributed by atoms with E-state index in [0.29, 0.717) is 10.7 Å². The molecule has 140 valence electrons. The molecule has 0 aromatic heterocycles. The third-order valence-corrected chi connectivity index (χ3v) is 6.03. The van der Waals surface area contributed by atoms with Gasteiger partial charge in [-0.2, -0.15) is 4.31 Å². The second-order valence-electron chi connectivity index (χ2n) is 5.61. The molecule has 0 aliphatic rings. The van der Waals surface area contributed by atoms with E-state index >= 15 is 0 Å². The van der Waals surface area contributed by atoms with Gasteiger partial charge in [-0.1, -0.05) is 36.7 Å². The molecule has 0 saturated carbocycles. The highest BCUT2D eigenvalue weighted by molar-refractivity contribution is 7.89. The summed E-state index contributed by atoms with van der Waals surface area (Å²) in [5.41, 5.74) is 1.21. The molecular weight excluding hydrogens is 376 g/mol. The molecule has 2 aromatic rings. The number of carbonyl (C=O) groups excluding carboxylic acids is 1. The van der Waals surface area contributed by atoms with Crippen molar-refractivity contribution in [2.75, 3.05) is 25.5 Å². The lowest BCUT2D eigenvalue weighted by Crippen LogP contribution is -2.38. The largest absolute Gasteiger partial charge is 0.495 e. The van der Waals surface area contributed by atoms with Crippen LogP contribution in [-0.4, -0.2) is 38.8 Å². The van der Waals surface area contributed by atoms with Gasteiger partial charge in [-0.05, 0) is 36.8 Å². The molecule has 0 radical (unpaired) electrons. The van der Waals surface area contributed by atoms with Gasteiger partial charge in [-0.15, -0.1) is 0 Å². The SMILES string of the molecule is CCN(CC(=O)Nc1ccccc1Cl)S(=O)(=O)c1cc(C)ccc1OC. The number of carbonyl (C=O) groups is 1. The van der Waals surface area contributed by atoms with Crippen molar-refractivity contribution in [3.63, 3.8) is 0 Å². The van der Waals surface area contributed by atoms with Crippen LogP contribution in [0.5, 0.6) is 5.75 Å². The van der Waals surface area contributed by atoms with Gasteiger partial charge in [0, 0.05) is 6.54 Å². The summed E-state index contributed by atoms with van der Waals surface area (Å²) in [6.07, 6.45) is 0. The quantitative estimate of drug-likeness (QED) is 0.779. The number of likely N-dealkylation sites (N-methyl/N-ethyl adjacent to an activating group) is 1. The molecule has 2 aromatic carbocycles. The first-order valence-electron chi connectivity index (χ1n) is 7.98. The number of nitrogens with zero attached hydrogens (tertiary/aromatic N) is 1. The van der Waals surface area contributed by atoms with Gasteiger partial charge in [-0.25, -0.2) is 8.42 Å². The second kappa shape index (κ2) is 8.53. The molecule has 0 atom stereocenters. The molecule has 1 N–H and O–H groups in total. The van der Waals surface area contributed by atoms with Crippen LogP contribution < -0.4 is 10.1 Å². The fraction of sp³-hybridized carbons (Fsp3) is 0.278. The summed E-state index contributed by atoms with van der Waals surface area (Å²) >= 11 is 6.02. The molecule has 0 aliphatic heterocycles. The van der Waals surface area contributed by atoms with Crippen molar-refractivity contribution in [3.05, 3.63) is 53.1 Å². The maximum absolute atomic E-state index is 13.0. The molecule has 2 rings (SSSR count). The van der Waals surface area contributed by atoms with E-state index in [1.54, 1.807) is 50.2 Å². The van der Waals surface area contributed by atoms with Crippen molar-refractivity contribution in [1.29, 1.82) is 0 Å². The summed E-state index contributed by atoms with van der Waals surface area (Å²) in [5, 5.41) is 3.01. The first-order chi connectivity index (χ1) is 12.3. The minimum atomic E-state index is -3.90. The predicted octanol–water partition coefficient (Wildman–Crippen LogP) is 3.31. The van der Waals surface area contributed by atoms with Crippen molar-refractivity contribution < 1.29 is 17.9 Å². The Kier molecular flexibility index (Phi) is 6.63. The average Bonchev–Trinajstić information content (AvgIpc) is 2.61. The Labute approximate surface area is 158 Å². The van der Waals surface area contributed by atoms with Crippen LogP contribution in [0.25, 0.3) is 0 Å². The lowest BCUT2D eigenvalue weighted by Gasteiger charge is -2.21. The highest BCUT2D eigenvalue weighted by atomic mass is 35.5. The number of hydrogen-bond acceptors (Lipinski definition) is 4. The predicted molar refractivity (Wildman–Crippen MR) is 102 cm³/mol. The minimum Gasteiger partial charge on any atom is -0.495 e. The molecule has 0 saturated heterocycles. The van der Waals surface area contributed by atoms with Crippen LogP contribution >= 0.6 is 11.6 Å². The van der Waals surface area contributed by atoms with E-state index in [4.69, 9.17) is 16.3 Å². The van der Waals surface area contributed by atoms with Crippen LogP contribution in [-0.2, 0) is 14.8 Å². The van der Waals surface area contributed by atoms with Crippen LogP contribution in [0, 0.1) is 6.92 Å². The number of sulfonamides is 1. The summed E-state index contributed by atoms with van der Waals surface area (Å²) in [4.78, 5) is 12.4. The van der Waals surface area contributed by atoms with Gasteiger partial charge in [0.1, 0.15) is 10.6 Å². The molecule has 1 amide bonds. The van der Waals surface area contributed by atoms with Gasteiger partial charge in [0.25, 0.3) is 0 Å². The van der Waals surface area contributed by atoms with Crippen LogP contribution in [0.2, 0.25) is 5.02 Å². The smallest absolute Gasteiger partial charge is 0.247 e. The highest BCUT2D eigenvalue weighted by Crippen LogP contribution is 2.28. The molecule has 6 nitrogen and oxygen atoms in total. The fourth-order valence-electron chi connectivity index (χ4n) is 2.40.